The van der Waals surface area contributed by atoms with Crippen LogP contribution in [0.5, 0.6) is 5.75 Å². The SMILES string of the molecule is CCOc1c(Br)cc(CN[C@H](C)c2ccco2)cc1Br. The summed E-state index contributed by atoms with van der Waals surface area (Å²) in [5.41, 5.74) is 1.17. The Morgan fingerprint density at radius 3 is 2.55 bits per heavy atom. The lowest BCUT2D eigenvalue weighted by molar-refractivity contribution is 0.335. The molecule has 0 spiro atoms. The van der Waals surface area contributed by atoms with Gasteiger partial charge in [0.2, 0.25) is 0 Å². The average molecular weight is 403 g/mol. The van der Waals surface area contributed by atoms with Crippen molar-refractivity contribution in [2.75, 3.05) is 6.61 Å². The Balaban J connectivity index is 2.03. The molecule has 2 rings (SSSR count). The van der Waals surface area contributed by atoms with E-state index in [1.807, 2.05) is 19.1 Å². The molecule has 1 aromatic carbocycles. The lowest BCUT2D eigenvalue weighted by Crippen LogP contribution is -2.17. The molecular formula is C15H17Br2NO2. The van der Waals surface area contributed by atoms with Crippen LogP contribution in [0.1, 0.15) is 31.2 Å². The molecule has 0 amide bonds. The predicted octanol–water partition coefficient (Wildman–Crippen LogP) is 5.05. The van der Waals surface area contributed by atoms with Gasteiger partial charge in [0.15, 0.2) is 0 Å². The van der Waals surface area contributed by atoms with Gasteiger partial charge in [-0.1, -0.05) is 0 Å². The molecule has 1 N–H and O–H groups in total. The maximum atomic E-state index is 5.58. The first-order valence-electron chi connectivity index (χ1n) is 6.49. The van der Waals surface area contributed by atoms with Gasteiger partial charge in [-0.05, 0) is 75.5 Å². The van der Waals surface area contributed by atoms with Gasteiger partial charge in [-0.25, -0.2) is 0 Å². The molecule has 5 heteroatoms. The van der Waals surface area contributed by atoms with Gasteiger partial charge in [0.05, 0.1) is 27.9 Å². The monoisotopic (exact) mass is 401 g/mol. The van der Waals surface area contributed by atoms with Crippen LogP contribution in [0, 0.1) is 0 Å². The molecule has 1 heterocycles. The Morgan fingerprint density at radius 2 is 2.00 bits per heavy atom. The van der Waals surface area contributed by atoms with Gasteiger partial charge in [-0.3, -0.25) is 0 Å². The summed E-state index contributed by atoms with van der Waals surface area (Å²) in [4.78, 5) is 0. The lowest BCUT2D eigenvalue weighted by atomic mass is 10.2. The van der Waals surface area contributed by atoms with Crippen LogP contribution in [-0.4, -0.2) is 6.61 Å². The van der Waals surface area contributed by atoms with Gasteiger partial charge in [-0.15, -0.1) is 0 Å². The molecule has 0 saturated carbocycles. The first kappa shape index (κ1) is 15.6. The maximum Gasteiger partial charge on any atom is 0.147 e. The summed E-state index contributed by atoms with van der Waals surface area (Å²) in [6, 6.07) is 8.18. The molecule has 108 valence electrons. The molecule has 0 saturated heterocycles. The molecule has 0 radical (unpaired) electrons. The number of benzene rings is 1. The highest BCUT2D eigenvalue weighted by Gasteiger charge is 2.11. The van der Waals surface area contributed by atoms with Crippen LogP contribution in [0.25, 0.3) is 0 Å². The standard InChI is InChI=1S/C15H17Br2NO2/c1-3-19-15-12(16)7-11(8-13(15)17)9-18-10(2)14-5-4-6-20-14/h4-8,10,18H,3,9H2,1-2H3/t10-/m1/s1. The van der Waals surface area contributed by atoms with Gasteiger partial charge in [-0.2, -0.15) is 0 Å². The fourth-order valence-electron chi connectivity index (χ4n) is 1.91. The Bertz CT molecular complexity index is 532. The molecule has 0 aliphatic heterocycles. The van der Waals surface area contributed by atoms with Crippen molar-refractivity contribution in [2.45, 2.75) is 26.4 Å². The summed E-state index contributed by atoms with van der Waals surface area (Å²) in [6.07, 6.45) is 1.69. The Hall–Kier alpha value is -0.780. The normalized spacial score (nSPS) is 12.4. The summed E-state index contributed by atoms with van der Waals surface area (Å²) in [5.74, 6) is 1.78. The van der Waals surface area contributed by atoms with E-state index in [-0.39, 0.29) is 6.04 Å². The zero-order valence-corrected chi connectivity index (χ0v) is 14.6. The van der Waals surface area contributed by atoms with Crippen LogP contribution < -0.4 is 10.1 Å². The third kappa shape index (κ3) is 3.87. The minimum Gasteiger partial charge on any atom is -0.492 e. The van der Waals surface area contributed by atoms with E-state index < -0.39 is 0 Å². The van der Waals surface area contributed by atoms with E-state index in [0.717, 1.165) is 27.0 Å². The first-order chi connectivity index (χ1) is 9.61. The molecule has 0 aliphatic rings. The number of ether oxygens (including phenoxy) is 1. The molecule has 3 nitrogen and oxygen atoms in total. The van der Waals surface area contributed by atoms with Crippen LogP contribution in [-0.2, 0) is 6.54 Å². The van der Waals surface area contributed by atoms with Crippen molar-refractivity contribution in [3.8, 4) is 5.75 Å². The molecule has 0 aliphatic carbocycles. The summed E-state index contributed by atoms with van der Waals surface area (Å²) in [5, 5.41) is 3.43. The quantitative estimate of drug-likeness (QED) is 0.733. The topological polar surface area (TPSA) is 34.4 Å². The van der Waals surface area contributed by atoms with E-state index in [9.17, 15) is 0 Å². The minimum absolute atomic E-state index is 0.175. The summed E-state index contributed by atoms with van der Waals surface area (Å²) >= 11 is 7.09. The zero-order chi connectivity index (χ0) is 14.5. The minimum atomic E-state index is 0.175. The van der Waals surface area contributed by atoms with Crippen molar-refractivity contribution < 1.29 is 9.15 Å². The van der Waals surface area contributed by atoms with Crippen LogP contribution in [0.2, 0.25) is 0 Å². The number of rotatable bonds is 6. The summed E-state index contributed by atoms with van der Waals surface area (Å²) < 4.78 is 12.9. The molecule has 1 atom stereocenters. The predicted molar refractivity (Wildman–Crippen MR) is 87.0 cm³/mol. The second kappa shape index (κ2) is 7.29. The molecule has 20 heavy (non-hydrogen) atoms. The van der Waals surface area contributed by atoms with Crippen molar-refractivity contribution >= 4 is 31.9 Å². The molecular weight excluding hydrogens is 386 g/mol. The zero-order valence-electron chi connectivity index (χ0n) is 11.5. The maximum absolute atomic E-state index is 5.58. The van der Waals surface area contributed by atoms with E-state index in [4.69, 9.17) is 9.15 Å². The number of halogens is 2. The van der Waals surface area contributed by atoms with Crippen LogP contribution in [0.4, 0.5) is 0 Å². The van der Waals surface area contributed by atoms with Gasteiger partial charge in [0, 0.05) is 6.54 Å². The second-order valence-corrected chi connectivity index (χ2v) is 6.15. The van der Waals surface area contributed by atoms with Crippen LogP contribution >= 0.6 is 31.9 Å². The van der Waals surface area contributed by atoms with Crippen molar-refractivity contribution in [1.82, 2.24) is 5.32 Å². The molecule has 1 aromatic heterocycles. The van der Waals surface area contributed by atoms with E-state index >= 15 is 0 Å². The van der Waals surface area contributed by atoms with Crippen molar-refractivity contribution in [2.24, 2.45) is 0 Å². The fourth-order valence-corrected chi connectivity index (χ4v) is 3.42. The van der Waals surface area contributed by atoms with Gasteiger partial charge < -0.3 is 14.5 Å². The van der Waals surface area contributed by atoms with Gasteiger partial charge in [0.25, 0.3) is 0 Å². The number of hydrogen-bond donors (Lipinski definition) is 1. The van der Waals surface area contributed by atoms with Crippen LogP contribution in [0.15, 0.2) is 43.9 Å². The van der Waals surface area contributed by atoms with Crippen molar-refractivity contribution in [3.63, 3.8) is 0 Å². The summed E-state index contributed by atoms with van der Waals surface area (Å²) in [7, 11) is 0. The second-order valence-electron chi connectivity index (χ2n) is 4.44. The lowest BCUT2D eigenvalue weighted by Gasteiger charge is -2.14. The Kier molecular flexibility index (Phi) is 5.69. The smallest absolute Gasteiger partial charge is 0.147 e. The van der Waals surface area contributed by atoms with E-state index in [1.54, 1.807) is 6.26 Å². The molecule has 0 bridgehead atoms. The van der Waals surface area contributed by atoms with E-state index in [2.05, 4.69) is 56.2 Å². The highest BCUT2D eigenvalue weighted by Crippen LogP contribution is 2.34. The van der Waals surface area contributed by atoms with E-state index in [1.165, 1.54) is 5.56 Å². The van der Waals surface area contributed by atoms with E-state index in [0.29, 0.717) is 6.61 Å². The van der Waals surface area contributed by atoms with Gasteiger partial charge >= 0.3 is 0 Å². The Labute approximate surface area is 136 Å². The average Bonchev–Trinajstić information content (AvgIpc) is 2.94. The first-order valence-corrected chi connectivity index (χ1v) is 8.08. The highest BCUT2D eigenvalue weighted by molar-refractivity contribution is 9.11. The van der Waals surface area contributed by atoms with Crippen molar-refractivity contribution in [1.29, 1.82) is 0 Å². The largest absolute Gasteiger partial charge is 0.492 e. The Morgan fingerprint density at radius 1 is 1.30 bits per heavy atom. The third-order valence-corrected chi connectivity index (χ3v) is 4.11. The molecule has 2 aromatic rings. The third-order valence-electron chi connectivity index (χ3n) is 2.93. The molecule has 0 unspecified atom stereocenters. The number of furan rings is 1. The molecule has 0 fully saturated rings. The fraction of sp³-hybridized carbons (Fsp3) is 0.333. The van der Waals surface area contributed by atoms with Crippen LogP contribution in [0.3, 0.4) is 0 Å². The number of nitrogens with one attached hydrogen (secondary N) is 1. The summed E-state index contributed by atoms with van der Waals surface area (Å²) in [6.45, 7) is 5.45. The number of hydrogen-bond acceptors (Lipinski definition) is 3. The van der Waals surface area contributed by atoms with Crippen molar-refractivity contribution in [3.05, 3.63) is 50.8 Å². The highest BCUT2D eigenvalue weighted by atomic mass is 79.9. The van der Waals surface area contributed by atoms with Gasteiger partial charge in [0.1, 0.15) is 11.5 Å².